The van der Waals surface area contributed by atoms with Crippen LogP contribution in [0.2, 0.25) is 0 Å². The molecule has 146 valence electrons. The van der Waals surface area contributed by atoms with E-state index in [9.17, 15) is 18.0 Å². The van der Waals surface area contributed by atoms with E-state index in [0.717, 1.165) is 0 Å². The number of piperidine rings is 1. The van der Waals surface area contributed by atoms with Gasteiger partial charge >= 0.3 is 16.4 Å². The molecule has 0 spiro atoms. The standard InChI is InChI=1S/C13H21N5O7S/c1-8(14)16-5-4-10(7-16)24-15-12(19)11-3-2-9-6-17(11)13(20)18(9)25-26(21,22)23/h9-11,14H,2-7H2,1H3,(H,15,19)(H,21,22,23)/t9-,10?,11+/m0/s1. The van der Waals surface area contributed by atoms with Crippen LogP contribution in [0.15, 0.2) is 0 Å². The summed E-state index contributed by atoms with van der Waals surface area (Å²) in [6.07, 6.45) is 1.08. The first-order valence-electron chi connectivity index (χ1n) is 8.18. The summed E-state index contributed by atoms with van der Waals surface area (Å²) in [6.45, 7) is 2.98. The molecule has 1 unspecified atom stereocenters. The van der Waals surface area contributed by atoms with E-state index in [4.69, 9.17) is 14.8 Å². The van der Waals surface area contributed by atoms with Gasteiger partial charge < -0.3 is 9.80 Å². The SMILES string of the molecule is CC(=N)N1CCC(ONC(=O)[C@H]2CC[C@H]3CN2C(=O)N3OS(=O)(=O)O)C1. The molecule has 2 bridgehead atoms. The number of hydrogen-bond donors (Lipinski definition) is 3. The highest BCUT2D eigenvalue weighted by Gasteiger charge is 2.49. The second-order valence-electron chi connectivity index (χ2n) is 6.54. The van der Waals surface area contributed by atoms with Crippen LogP contribution >= 0.6 is 0 Å². The molecule has 0 aliphatic carbocycles. The van der Waals surface area contributed by atoms with Gasteiger partial charge in [-0.15, -0.1) is 4.28 Å². The molecule has 0 saturated carbocycles. The summed E-state index contributed by atoms with van der Waals surface area (Å²) in [6, 6.07) is -2.15. The smallest absolute Gasteiger partial charge is 0.358 e. The fraction of sp³-hybridized carbons (Fsp3) is 0.769. The van der Waals surface area contributed by atoms with Crippen molar-refractivity contribution in [1.82, 2.24) is 20.3 Å². The number of likely N-dealkylation sites (tertiary alicyclic amines) is 1. The van der Waals surface area contributed by atoms with Crippen molar-refractivity contribution in [3.05, 3.63) is 0 Å². The molecular formula is C13H21N5O7S. The van der Waals surface area contributed by atoms with Crippen molar-refractivity contribution < 1.29 is 31.7 Å². The van der Waals surface area contributed by atoms with Gasteiger partial charge in [-0.3, -0.25) is 19.6 Å². The van der Waals surface area contributed by atoms with Crippen LogP contribution in [0.5, 0.6) is 0 Å². The zero-order chi connectivity index (χ0) is 19.1. The first kappa shape index (κ1) is 18.8. The minimum atomic E-state index is -4.82. The minimum Gasteiger partial charge on any atom is -0.358 e. The van der Waals surface area contributed by atoms with E-state index in [2.05, 4.69) is 9.76 Å². The van der Waals surface area contributed by atoms with Crippen LogP contribution < -0.4 is 5.48 Å². The van der Waals surface area contributed by atoms with E-state index in [1.54, 1.807) is 6.92 Å². The monoisotopic (exact) mass is 391 g/mol. The van der Waals surface area contributed by atoms with Crippen LogP contribution in [0.4, 0.5) is 4.79 Å². The number of carbonyl (C=O) groups is 2. The highest BCUT2D eigenvalue weighted by molar-refractivity contribution is 7.80. The van der Waals surface area contributed by atoms with Gasteiger partial charge in [0.25, 0.3) is 5.91 Å². The molecule has 3 saturated heterocycles. The number of hydrogen-bond acceptors (Lipinski definition) is 7. The lowest BCUT2D eigenvalue weighted by molar-refractivity contribution is -0.143. The molecule has 3 fully saturated rings. The predicted molar refractivity (Wildman–Crippen MR) is 86.0 cm³/mol. The van der Waals surface area contributed by atoms with Crippen molar-refractivity contribution in [3.8, 4) is 0 Å². The average Bonchev–Trinajstić information content (AvgIpc) is 3.12. The van der Waals surface area contributed by atoms with Crippen LogP contribution in [0, 0.1) is 5.41 Å². The maximum atomic E-state index is 12.4. The third-order valence-electron chi connectivity index (χ3n) is 4.75. The topological polar surface area (TPSA) is 153 Å². The van der Waals surface area contributed by atoms with E-state index < -0.39 is 34.4 Å². The van der Waals surface area contributed by atoms with E-state index in [1.165, 1.54) is 4.90 Å². The van der Waals surface area contributed by atoms with Crippen molar-refractivity contribution in [2.24, 2.45) is 0 Å². The summed E-state index contributed by atoms with van der Waals surface area (Å²) in [4.78, 5) is 33.1. The van der Waals surface area contributed by atoms with Gasteiger partial charge in [-0.05, 0) is 26.2 Å². The second kappa shape index (κ2) is 6.98. The average molecular weight is 391 g/mol. The summed E-state index contributed by atoms with van der Waals surface area (Å²) >= 11 is 0. The molecule has 3 heterocycles. The maximum absolute atomic E-state index is 12.4. The Balaban J connectivity index is 1.55. The summed E-state index contributed by atoms with van der Waals surface area (Å²) in [5.41, 5.74) is 2.36. The Kier molecular flexibility index (Phi) is 5.05. The zero-order valence-corrected chi connectivity index (χ0v) is 14.9. The number of hydroxylamine groups is 3. The molecule has 3 N–H and O–H groups in total. The highest BCUT2D eigenvalue weighted by atomic mass is 32.3. The van der Waals surface area contributed by atoms with Crippen LogP contribution in [-0.4, -0.2) is 83.4 Å². The first-order chi connectivity index (χ1) is 12.2. The number of amidine groups is 1. The van der Waals surface area contributed by atoms with Crippen molar-refractivity contribution in [1.29, 1.82) is 5.41 Å². The lowest BCUT2D eigenvalue weighted by atomic mass is 10.0. The summed E-state index contributed by atoms with van der Waals surface area (Å²) in [5.74, 6) is -0.0714. The highest BCUT2D eigenvalue weighted by Crippen LogP contribution is 2.30. The van der Waals surface area contributed by atoms with Gasteiger partial charge in [0, 0.05) is 19.6 Å². The predicted octanol–water partition coefficient (Wildman–Crippen LogP) is -0.891. The van der Waals surface area contributed by atoms with E-state index in [1.807, 2.05) is 4.90 Å². The van der Waals surface area contributed by atoms with E-state index in [0.29, 0.717) is 43.3 Å². The molecular weight excluding hydrogens is 370 g/mol. The number of amides is 3. The van der Waals surface area contributed by atoms with Crippen molar-refractivity contribution in [2.75, 3.05) is 19.6 Å². The van der Waals surface area contributed by atoms with Gasteiger partial charge in [-0.25, -0.2) is 10.3 Å². The molecule has 0 aromatic carbocycles. The van der Waals surface area contributed by atoms with Crippen LogP contribution in [0.3, 0.4) is 0 Å². The molecule has 3 amide bonds. The number of fused-ring (bicyclic) bond motifs is 2. The Morgan fingerprint density at radius 3 is 2.65 bits per heavy atom. The van der Waals surface area contributed by atoms with Gasteiger partial charge in [-0.2, -0.15) is 13.5 Å². The summed E-state index contributed by atoms with van der Waals surface area (Å²) in [5, 5.41) is 8.17. The van der Waals surface area contributed by atoms with Crippen LogP contribution in [0.25, 0.3) is 0 Å². The summed E-state index contributed by atoms with van der Waals surface area (Å²) < 4.78 is 34.8. The quantitative estimate of drug-likeness (QED) is 0.236. The largest absolute Gasteiger partial charge is 0.418 e. The fourth-order valence-corrected chi connectivity index (χ4v) is 3.83. The normalized spacial score (nSPS) is 28.6. The van der Waals surface area contributed by atoms with Gasteiger partial charge in [0.2, 0.25) is 0 Å². The number of carbonyl (C=O) groups excluding carboxylic acids is 2. The van der Waals surface area contributed by atoms with Gasteiger partial charge in [-0.1, -0.05) is 0 Å². The molecule has 0 aromatic rings. The molecule has 3 rings (SSSR count). The lowest BCUT2D eigenvalue weighted by Crippen LogP contribution is -2.50. The third-order valence-corrected chi connectivity index (χ3v) is 5.09. The fourth-order valence-electron chi connectivity index (χ4n) is 3.44. The number of urea groups is 1. The Hall–Kier alpha value is -1.96. The third kappa shape index (κ3) is 3.90. The molecule has 3 aliphatic heterocycles. The molecule has 3 aliphatic rings. The first-order valence-corrected chi connectivity index (χ1v) is 9.54. The maximum Gasteiger partial charge on any atom is 0.418 e. The van der Waals surface area contributed by atoms with Crippen molar-refractivity contribution in [3.63, 3.8) is 0 Å². The van der Waals surface area contributed by atoms with Crippen LogP contribution in [0.1, 0.15) is 26.2 Å². The van der Waals surface area contributed by atoms with Gasteiger partial charge in [0.1, 0.15) is 12.1 Å². The van der Waals surface area contributed by atoms with Crippen LogP contribution in [-0.2, 0) is 24.3 Å². The molecule has 12 nitrogen and oxygen atoms in total. The summed E-state index contributed by atoms with van der Waals surface area (Å²) in [7, 11) is -4.82. The Bertz CT molecular complexity index is 714. The zero-order valence-electron chi connectivity index (χ0n) is 14.1. The molecule has 3 atom stereocenters. The molecule has 0 radical (unpaired) electrons. The number of nitrogens with one attached hydrogen (secondary N) is 2. The number of nitrogens with zero attached hydrogens (tertiary/aromatic N) is 3. The van der Waals surface area contributed by atoms with Gasteiger partial charge in [0.15, 0.2) is 0 Å². The van der Waals surface area contributed by atoms with E-state index >= 15 is 0 Å². The Morgan fingerprint density at radius 2 is 2.04 bits per heavy atom. The molecule has 13 heteroatoms. The lowest BCUT2D eigenvalue weighted by Gasteiger charge is -2.29. The molecule has 26 heavy (non-hydrogen) atoms. The number of rotatable bonds is 5. The van der Waals surface area contributed by atoms with E-state index in [-0.39, 0.29) is 12.6 Å². The minimum absolute atomic E-state index is 0.122. The Morgan fingerprint density at radius 1 is 1.31 bits per heavy atom. The van der Waals surface area contributed by atoms with Crippen molar-refractivity contribution in [2.45, 2.75) is 44.4 Å². The van der Waals surface area contributed by atoms with Crippen molar-refractivity contribution >= 4 is 28.2 Å². The second-order valence-corrected chi connectivity index (χ2v) is 7.54. The van der Waals surface area contributed by atoms with Gasteiger partial charge in [0.05, 0.1) is 11.9 Å². The molecule has 0 aromatic heterocycles. The Labute approximate surface area is 150 Å².